The van der Waals surface area contributed by atoms with Gasteiger partial charge in [0.2, 0.25) is 0 Å². The van der Waals surface area contributed by atoms with E-state index in [1.807, 2.05) is 60.7 Å². The van der Waals surface area contributed by atoms with E-state index in [0.29, 0.717) is 17.5 Å². The molecule has 0 fully saturated rings. The first-order chi connectivity index (χ1) is 26.0. The van der Waals surface area contributed by atoms with Gasteiger partial charge in [0.15, 0.2) is 17.5 Å². The van der Waals surface area contributed by atoms with E-state index in [4.69, 9.17) is 15.0 Å². The molecule has 53 heavy (non-hydrogen) atoms. The van der Waals surface area contributed by atoms with Crippen molar-refractivity contribution in [1.82, 2.24) is 15.0 Å². The molecule has 3 heteroatoms. The Morgan fingerprint density at radius 1 is 0.340 bits per heavy atom. The van der Waals surface area contributed by atoms with E-state index in [2.05, 4.69) is 129 Å². The molecule has 1 heterocycles. The Morgan fingerprint density at radius 2 is 0.755 bits per heavy atom. The lowest BCUT2D eigenvalue weighted by atomic mass is 9.78. The molecule has 1 aromatic heterocycles. The van der Waals surface area contributed by atoms with Gasteiger partial charge in [0.25, 0.3) is 0 Å². The summed E-state index contributed by atoms with van der Waals surface area (Å²) in [5.74, 6) is 1.96. The van der Waals surface area contributed by atoms with Gasteiger partial charge in [0, 0.05) is 22.1 Å². The van der Waals surface area contributed by atoms with Crippen molar-refractivity contribution < 1.29 is 0 Å². The predicted octanol–water partition coefficient (Wildman–Crippen LogP) is 12.8. The van der Waals surface area contributed by atoms with E-state index in [1.54, 1.807) is 0 Å². The molecule has 0 unspecified atom stereocenters. The van der Waals surface area contributed by atoms with Crippen LogP contribution in [0, 0.1) is 0 Å². The summed E-state index contributed by atoms with van der Waals surface area (Å²) in [5.41, 5.74) is 12.9. The fraction of sp³-hybridized carbons (Fsp3) is 0.0600. The van der Waals surface area contributed by atoms with Crippen LogP contribution in [0.3, 0.4) is 0 Å². The number of rotatable bonds is 5. The number of hydrogen-bond donors (Lipinski definition) is 0. The Bertz CT molecular complexity index is 2800. The maximum absolute atomic E-state index is 4.98. The second-order valence-corrected chi connectivity index (χ2v) is 14.4. The summed E-state index contributed by atoms with van der Waals surface area (Å²) in [6.45, 7) is 4.77. The number of nitrogens with zero attached hydrogens (tertiary/aromatic N) is 3. The molecule has 0 amide bonds. The first kappa shape index (κ1) is 31.1. The van der Waals surface area contributed by atoms with E-state index in [1.165, 1.54) is 54.9 Å². The Balaban J connectivity index is 1.05. The van der Waals surface area contributed by atoms with Gasteiger partial charge in [-0.15, -0.1) is 0 Å². The highest BCUT2D eigenvalue weighted by molar-refractivity contribution is 6.18. The molecule has 250 valence electrons. The quantitative estimate of drug-likeness (QED) is 0.170. The van der Waals surface area contributed by atoms with Crippen molar-refractivity contribution >= 4 is 21.5 Å². The smallest absolute Gasteiger partial charge is 0.164 e. The molecule has 10 rings (SSSR count). The van der Waals surface area contributed by atoms with Gasteiger partial charge in [-0.05, 0) is 84.3 Å². The largest absolute Gasteiger partial charge is 0.208 e. The van der Waals surface area contributed by atoms with E-state index in [9.17, 15) is 0 Å². The topological polar surface area (TPSA) is 38.7 Å². The van der Waals surface area contributed by atoms with Crippen molar-refractivity contribution in [3.8, 4) is 67.5 Å². The molecule has 0 radical (unpaired) electrons. The molecule has 1 aliphatic carbocycles. The van der Waals surface area contributed by atoms with Crippen LogP contribution in [0.2, 0.25) is 0 Å². The Kier molecular flexibility index (Phi) is 7.16. The first-order valence-corrected chi connectivity index (χ1v) is 18.2. The molecule has 3 nitrogen and oxygen atoms in total. The average molecular weight is 678 g/mol. The summed E-state index contributed by atoms with van der Waals surface area (Å²) in [4.78, 5) is 14.8. The summed E-state index contributed by atoms with van der Waals surface area (Å²) in [6, 6.07) is 62.5. The highest BCUT2D eigenvalue weighted by atomic mass is 15.0. The normalized spacial score (nSPS) is 12.9. The van der Waals surface area contributed by atoms with E-state index in [0.717, 1.165) is 27.8 Å². The molecule has 0 saturated heterocycles. The van der Waals surface area contributed by atoms with Gasteiger partial charge in [-0.2, -0.15) is 0 Å². The van der Waals surface area contributed by atoms with Crippen LogP contribution >= 0.6 is 0 Å². The summed E-state index contributed by atoms with van der Waals surface area (Å²) in [5, 5.41) is 5.31. The van der Waals surface area contributed by atoms with Gasteiger partial charge >= 0.3 is 0 Å². The van der Waals surface area contributed by atoms with Gasteiger partial charge in [0.05, 0.1) is 0 Å². The monoisotopic (exact) mass is 677 g/mol. The maximum Gasteiger partial charge on any atom is 0.164 e. The lowest BCUT2D eigenvalue weighted by Gasteiger charge is -2.24. The zero-order valence-electron chi connectivity index (χ0n) is 29.6. The van der Waals surface area contributed by atoms with Crippen LogP contribution in [0.15, 0.2) is 176 Å². The molecule has 1 aliphatic rings. The molecule has 8 aromatic carbocycles. The SMILES string of the molecule is CC1(C)c2cc(-c3cccc(-c4cccc(-c5nc(-c6ccccc6)nc(-c6ccccc6)n5)c4)c3)ccc2-c2c1c1ccccc1c1ccccc21. The van der Waals surface area contributed by atoms with Gasteiger partial charge in [0.1, 0.15) is 0 Å². The molecular formula is C50H35N3. The predicted molar refractivity (Wildman–Crippen MR) is 220 cm³/mol. The number of fused-ring (bicyclic) bond motifs is 8. The highest BCUT2D eigenvalue weighted by Crippen LogP contribution is 2.55. The molecule has 0 aliphatic heterocycles. The molecule has 0 spiro atoms. The number of aromatic nitrogens is 3. The fourth-order valence-corrected chi connectivity index (χ4v) is 8.32. The van der Waals surface area contributed by atoms with Crippen molar-refractivity contribution in [2.75, 3.05) is 0 Å². The van der Waals surface area contributed by atoms with Crippen molar-refractivity contribution in [1.29, 1.82) is 0 Å². The van der Waals surface area contributed by atoms with E-state index < -0.39 is 0 Å². The van der Waals surface area contributed by atoms with Crippen LogP contribution < -0.4 is 0 Å². The molecule has 0 bridgehead atoms. The fourth-order valence-electron chi connectivity index (χ4n) is 8.32. The van der Waals surface area contributed by atoms with Gasteiger partial charge in [-0.1, -0.05) is 172 Å². The molecule has 9 aromatic rings. The summed E-state index contributed by atoms with van der Waals surface area (Å²) >= 11 is 0. The van der Waals surface area contributed by atoms with Crippen molar-refractivity contribution in [3.05, 3.63) is 187 Å². The third-order valence-electron chi connectivity index (χ3n) is 10.9. The minimum atomic E-state index is -0.155. The third-order valence-corrected chi connectivity index (χ3v) is 10.9. The maximum atomic E-state index is 4.98. The zero-order chi connectivity index (χ0) is 35.5. The molecule has 0 saturated carbocycles. The first-order valence-electron chi connectivity index (χ1n) is 18.2. The van der Waals surface area contributed by atoms with Crippen LogP contribution in [-0.4, -0.2) is 15.0 Å². The number of benzene rings is 8. The zero-order valence-corrected chi connectivity index (χ0v) is 29.6. The van der Waals surface area contributed by atoms with Gasteiger partial charge in [-0.25, -0.2) is 15.0 Å². The van der Waals surface area contributed by atoms with Crippen LogP contribution in [0.25, 0.3) is 89.1 Å². The second-order valence-electron chi connectivity index (χ2n) is 14.4. The van der Waals surface area contributed by atoms with Crippen LogP contribution in [0.1, 0.15) is 25.0 Å². The Labute approximate surface area is 309 Å². The molecular weight excluding hydrogens is 643 g/mol. The minimum absolute atomic E-state index is 0.155. The van der Waals surface area contributed by atoms with E-state index in [-0.39, 0.29) is 5.41 Å². The van der Waals surface area contributed by atoms with E-state index >= 15 is 0 Å². The molecule has 0 N–H and O–H groups in total. The van der Waals surface area contributed by atoms with Gasteiger partial charge in [-0.3, -0.25) is 0 Å². The summed E-state index contributed by atoms with van der Waals surface area (Å²) in [6.07, 6.45) is 0. The second kappa shape index (κ2) is 12.2. The summed E-state index contributed by atoms with van der Waals surface area (Å²) < 4.78 is 0. The van der Waals surface area contributed by atoms with Crippen LogP contribution in [-0.2, 0) is 5.41 Å². The van der Waals surface area contributed by atoms with Gasteiger partial charge < -0.3 is 0 Å². The van der Waals surface area contributed by atoms with Crippen molar-refractivity contribution in [2.24, 2.45) is 0 Å². The lowest BCUT2D eigenvalue weighted by molar-refractivity contribution is 0.667. The average Bonchev–Trinajstić information content (AvgIpc) is 3.47. The van der Waals surface area contributed by atoms with Crippen molar-refractivity contribution in [2.45, 2.75) is 19.3 Å². The Morgan fingerprint density at radius 3 is 1.34 bits per heavy atom. The number of hydrogen-bond acceptors (Lipinski definition) is 3. The standard InChI is InChI=1S/C50H35N3/c1-50(2)44-31-37(27-28-43(44)45-41-25-11-9-23-39(41)40-24-10-12-26-42(40)46(45)50)35-20-13-19-34(29-35)36-21-14-22-38(30-36)49-52-47(32-15-5-3-6-16-32)51-48(53-49)33-17-7-4-8-18-33/h3-31H,1-2H3. The lowest BCUT2D eigenvalue weighted by Crippen LogP contribution is -2.15. The summed E-state index contributed by atoms with van der Waals surface area (Å²) in [7, 11) is 0. The third kappa shape index (κ3) is 5.16. The van der Waals surface area contributed by atoms with Crippen LogP contribution in [0.5, 0.6) is 0 Å². The highest BCUT2D eigenvalue weighted by Gasteiger charge is 2.38. The minimum Gasteiger partial charge on any atom is -0.208 e. The molecule has 0 atom stereocenters. The van der Waals surface area contributed by atoms with Crippen molar-refractivity contribution in [3.63, 3.8) is 0 Å². The van der Waals surface area contributed by atoms with Crippen LogP contribution in [0.4, 0.5) is 0 Å². The Hall–Kier alpha value is -6.71.